The smallest absolute Gasteiger partial charge is 0.185 e. The van der Waals surface area contributed by atoms with Crippen molar-refractivity contribution in [2.75, 3.05) is 13.2 Å². The minimum absolute atomic E-state index is 0.251. The largest absolute Gasteiger partial charge is 0.379 e. The Bertz CT molecular complexity index is 457. The van der Waals surface area contributed by atoms with E-state index >= 15 is 0 Å². The number of carbonyl (C=O) groups is 1. The fraction of sp³-hybridized carbons (Fsp3) is 0.300. The molecule has 0 aromatic heterocycles. The highest BCUT2D eigenvalue weighted by Crippen LogP contribution is 2.21. The van der Waals surface area contributed by atoms with Gasteiger partial charge < -0.3 is 4.74 Å². The molecular weight excluding hydrogens is 216 g/mol. The maximum Gasteiger partial charge on any atom is 0.185 e. The molecule has 1 fully saturated rings. The molecule has 0 amide bonds. The van der Waals surface area contributed by atoms with Gasteiger partial charge in [0, 0.05) is 5.56 Å². The molecule has 0 atom stereocenters. The third kappa shape index (κ3) is 1.80. The maximum absolute atomic E-state index is 11.8. The predicted octanol–water partition coefficient (Wildman–Crippen LogP) is 0.672. The van der Waals surface area contributed by atoms with E-state index in [2.05, 4.69) is 0 Å². The molecule has 80 valence electrons. The second kappa shape index (κ2) is 3.75. The number of aldehydes is 1. The Kier molecular flexibility index (Phi) is 2.58. The van der Waals surface area contributed by atoms with E-state index in [4.69, 9.17) is 4.74 Å². The van der Waals surface area contributed by atoms with Crippen LogP contribution in [0.25, 0.3) is 0 Å². The Balaban J connectivity index is 2.32. The summed E-state index contributed by atoms with van der Waals surface area (Å²) in [7, 11) is -3.27. The summed E-state index contributed by atoms with van der Waals surface area (Å²) in [6, 6.07) is 5.91. The lowest BCUT2D eigenvalue weighted by atomic mass is 10.2. The van der Waals surface area contributed by atoms with E-state index in [-0.39, 0.29) is 18.1 Å². The van der Waals surface area contributed by atoms with Crippen molar-refractivity contribution in [2.45, 2.75) is 10.1 Å². The van der Waals surface area contributed by atoms with Crippen LogP contribution < -0.4 is 0 Å². The third-order valence-corrected chi connectivity index (χ3v) is 4.47. The summed E-state index contributed by atoms with van der Waals surface area (Å²) in [5, 5.41) is -0.431. The van der Waals surface area contributed by atoms with Gasteiger partial charge in [-0.25, -0.2) is 8.42 Å². The van der Waals surface area contributed by atoms with Crippen LogP contribution in [0.15, 0.2) is 29.2 Å². The molecule has 5 heteroatoms. The van der Waals surface area contributed by atoms with Crippen LogP contribution in [-0.4, -0.2) is 33.2 Å². The first-order chi connectivity index (χ1) is 7.14. The van der Waals surface area contributed by atoms with Gasteiger partial charge in [-0.2, -0.15) is 0 Å². The van der Waals surface area contributed by atoms with Crippen LogP contribution in [0.3, 0.4) is 0 Å². The number of benzene rings is 1. The maximum atomic E-state index is 11.8. The highest BCUT2D eigenvalue weighted by molar-refractivity contribution is 7.92. The van der Waals surface area contributed by atoms with Crippen LogP contribution in [-0.2, 0) is 14.6 Å². The summed E-state index contributed by atoms with van der Waals surface area (Å²) in [6.07, 6.45) is 0.683. The molecule has 1 heterocycles. The van der Waals surface area contributed by atoms with Gasteiger partial charge in [-0.1, -0.05) is 12.1 Å². The predicted molar refractivity (Wildman–Crippen MR) is 53.6 cm³/mol. The number of rotatable bonds is 3. The van der Waals surface area contributed by atoms with Crippen molar-refractivity contribution in [3.05, 3.63) is 29.8 Å². The molecular formula is C10H10O4S. The molecule has 4 nitrogen and oxygen atoms in total. The molecule has 0 radical (unpaired) electrons. The standard InChI is InChI=1S/C10H10O4S/c11-5-8-1-3-9(4-2-8)15(12,13)10-6-14-7-10/h1-5,10H,6-7H2. The first kappa shape index (κ1) is 10.3. The van der Waals surface area contributed by atoms with Gasteiger partial charge in [0.1, 0.15) is 11.5 Å². The van der Waals surface area contributed by atoms with Gasteiger partial charge >= 0.3 is 0 Å². The minimum Gasteiger partial charge on any atom is -0.379 e. The average Bonchev–Trinajstić information content (AvgIpc) is 2.14. The van der Waals surface area contributed by atoms with Crippen molar-refractivity contribution in [1.82, 2.24) is 0 Å². The summed E-state index contributed by atoms with van der Waals surface area (Å²) in [6.45, 7) is 0.523. The van der Waals surface area contributed by atoms with Crippen molar-refractivity contribution in [3.63, 3.8) is 0 Å². The van der Waals surface area contributed by atoms with Crippen LogP contribution in [0.1, 0.15) is 10.4 Å². The molecule has 1 aromatic carbocycles. The van der Waals surface area contributed by atoms with Crippen molar-refractivity contribution < 1.29 is 17.9 Å². The number of sulfone groups is 1. The first-order valence-electron chi connectivity index (χ1n) is 4.51. The Morgan fingerprint density at radius 3 is 2.20 bits per heavy atom. The van der Waals surface area contributed by atoms with E-state index in [1.807, 2.05) is 0 Å². The van der Waals surface area contributed by atoms with Crippen LogP contribution in [0, 0.1) is 0 Å². The van der Waals surface area contributed by atoms with Gasteiger partial charge in [-0.3, -0.25) is 4.79 Å². The lowest BCUT2D eigenvalue weighted by molar-refractivity contribution is 0.0416. The first-order valence-corrected chi connectivity index (χ1v) is 6.06. The van der Waals surface area contributed by atoms with E-state index in [9.17, 15) is 13.2 Å². The van der Waals surface area contributed by atoms with E-state index in [1.165, 1.54) is 24.3 Å². The molecule has 0 saturated carbocycles. The van der Waals surface area contributed by atoms with Gasteiger partial charge in [0.2, 0.25) is 0 Å². The lowest BCUT2D eigenvalue weighted by Crippen LogP contribution is -2.40. The molecule has 1 aromatic rings. The summed E-state index contributed by atoms with van der Waals surface area (Å²) < 4.78 is 28.5. The summed E-state index contributed by atoms with van der Waals surface area (Å²) in [5.41, 5.74) is 0.471. The Morgan fingerprint density at radius 1 is 1.20 bits per heavy atom. The summed E-state index contributed by atoms with van der Waals surface area (Å²) in [4.78, 5) is 10.7. The third-order valence-electron chi connectivity index (χ3n) is 2.39. The highest BCUT2D eigenvalue weighted by atomic mass is 32.2. The quantitative estimate of drug-likeness (QED) is 0.711. The normalized spacial score (nSPS) is 17.1. The van der Waals surface area contributed by atoms with Gasteiger partial charge in [-0.05, 0) is 12.1 Å². The fourth-order valence-corrected chi connectivity index (χ4v) is 2.77. The van der Waals surface area contributed by atoms with Gasteiger partial charge in [0.15, 0.2) is 9.84 Å². The van der Waals surface area contributed by atoms with Crippen molar-refractivity contribution in [3.8, 4) is 0 Å². The Morgan fingerprint density at radius 2 is 1.80 bits per heavy atom. The van der Waals surface area contributed by atoms with E-state index < -0.39 is 15.1 Å². The molecule has 15 heavy (non-hydrogen) atoms. The van der Waals surface area contributed by atoms with Crippen molar-refractivity contribution in [1.29, 1.82) is 0 Å². The molecule has 0 N–H and O–H groups in total. The summed E-state index contributed by atoms with van der Waals surface area (Å²) >= 11 is 0. The SMILES string of the molecule is O=Cc1ccc(S(=O)(=O)C2COC2)cc1. The number of carbonyl (C=O) groups excluding carboxylic acids is 1. The summed E-state index contributed by atoms with van der Waals surface area (Å²) in [5.74, 6) is 0. The Hall–Kier alpha value is -1.20. The molecule has 0 aliphatic carbocycles. The van der Waals surface area contributed by atoms with E-state index in [1.54, 1.807) is 0 Å². The second-order valence-electron chi connectivity index (χ2n) is 3.39. The minimum atomic E-state index is -3.27. The lowest BCUT2D eigenvalue weighted by Gasteiger charge is -2.25. The monoisotopic (exact) mass is 226 g/mol. The highest BCUT2D eigenvalue weighted by Gasteiger charge is 2.33. The fourth-order valence-electron chi connectivity index (χ4n) is 1.32. The van der Waals surface area contributed by atoms with Gasteiger partial charge in [-0.15, -0.1) is 0 Å². The molecule has 1 saturated heterocycles. The zero-order valence-electron chi connectivity index (χ0n) is 7.92. The molecule has 0 spiro atoms. The topological polar surface area (TPSA) is 60.4 Å². The number of ether oxygens (including phenoxy) is 1. The van der Waals surface area contributed by atoms with E-state index in [0.717, 1.165) is 0 Å². The average molecular weight is 226 g/mol. The van der Waals surface area contributed by atoms with Crippen molar-refractivity contribution >= 4 is 16.1 Å². The molecule has 1 aliphatic rings. The van der Waals surface area contributed by atoms with Crippen LogP contribution in [0.2, 0.25) is 0 Å². The zero-order chi connectivity index (χ0) is 10.9. The second-order valence-corrected chi connectivity index (χ2v) is 5.62. The van der Waals surface area contributed by atoms with Crippen LogP contribution in [0.5, 0.6) is 0 Å². The zero-order valence-corrected chi connectivity index (χ0v) is 8.74. The van der Waals surface area contributed by atoms with Crippen LogP contribution in [0.4, 0.5) is 0 Å². The molecule has 0 bridgehead atoms. The van der Waals surface area contributed by atoms with Crippen molar-refractivity contribution in [2.24, 2.45) is 0 Å². The number of hydrogen-bond donors (Lipinski definition) is 0. The molecule has 0 unspecified atom stereocenters. The Labute approximate surface area is 87.8 Å². The molecule has 1 aliphatic heterocycles. The number of hydrogen-bond acceptors (Lipinski definition) is 4. The van der Waals surface area contributed by atoms with Gasteiger partial charge in [0.05, 0.1) is 18.1 Å². The van der Waals surface area contributed by atoms with Crippen LogP contribution >= 0.6 is 0 Å². The molecule has 2 rings (SSSR count). The van der Waals surface area contributed by atoms with Gasteiger partial charge in [0.25, 0.3) is 0 Å². The van der Waals surface area contributed by atoms with E-state index in [0.29, 0.717) is 11.8 Å².